The Morgan fingerprint density at radius 2 is 1.67 bits per heavy atom. The van der Waals surface area contributed by atoms with Crippen LogP contribution in [0, 0.1) is 6.92 Å². The van der Waals surface area contributed by atoms with E-state index >= 15 is 0 Å². The average Bonchev–Trinajstić information content (AvgIpc) is 2.64. The molecule has 0 bridgehead atoms. The Labute approximate surface area is 173 Å². The number of hydrogen-bond donors (Lipinski definition) is 2. The summed E-state index contributed by atoms with van der Waals surface area (Å²) in [6.07, 6.45) is 1.78. The highest BCUT2D eigenvalue weighted by molar-refractivity contribution is 9.10. The number of hydrogen-bond acceptors (Lipinski definition) is 5. The van der Waals surface area contributed by atoms with Crippen LogP contribution in [0.4, 0.5) is 5.69 Å². The molecule has 0 saturated heterocycles. The number of benzene rings is 2. The van der Waals surface area contributed by atoms with Crippen molar-refractivity contribution < 1.29 is 4.79 Å². The minimum absolute atomic E-state index is 0.297. The second-order valence-electron chi connectivity index (χ2n) is 5.59. The number of nitrogens with one attached hydrogen (secondary N) is 2. The largest absolute Gasteiger partial charge is 0.346 e. The summed E-state index contributed by atoms with van der Waals surface area (Å²) in [5, 5.41) is 3.28. The van der Waals surface area contributed by atoms with Gasteiger partial charge in [0.2, 0.25) is 0 Å². The molecule has 1 aromatic heterocycles. The molecule has 0 aliphatic rings. The van der Waals surface area contributed by atoms with Gasteiger partial charge >= 0.3 is 5.69 Å². The first kappa shape index (κ1) is 19.7. The Kier molecular flexibility index (Phi) is 6.41. The fourth-order valence-electron chi connectivity index (χ4n) is 2.41. The summed E-state index contributed by atoms with van der Waals surface area (Å²) in [5.74, 6) is -0.297. The Balaban J connectivity index is 1.74. The molecule has 27 heavy (non-hydrogen) atoms. The number of halogens is 1. The zero-order chi connectivity index (χ0) is 19.4. The van der Waals surface area contributed by atoms with Gasteiger partial charge in [-0.05, 0) is 61.7 Å². The molecule has 2 aromatic carbocycles. The molecule has 0 fully saturated rings. The predicted molar refractivity (Wildman–Crippen MR) is 114 cm³/mol. The van der Waals surface area contributed by atoms with Crippen molar-refractivity contribution in [3.8, 4) is 0 Å². The van der Waals surface area contributed by atoms with E-state index in [2.05, 4.69) is 31.2 Å². The predicted octanol–water partition coefficient (Wildman–Crippen LogP) is 4.97. The van der Waals surface area contributed by atoms with Crippen molar-refractivity contribution in [3.05, 3.63) is 74.7 Å². The van der Waals surface area contributed by atoms with Gasteiger partial charge in [-0.1, -0.05) is 27.7 Å². The van der Waals surface area contributed by atoms with Crippen molar-refractivity contribution in [2.24, 2.45) is 0 Å². The maximum Gasteiger partial charge on any atom is 0.346 e. The number of aromatic amines is 1. The zero-order valence-electron chi connectivity index (χ0n) is 14.6. The van der Waals surface area contributed by atoms with Gasteiger partial charge in [0.15, 0.2) is 0 Å². The van der Waals surface area contributed by atoms with E-state index in [0.29, 0.717) is 22.0 Å². The lowest BCUT2D eigenvalue weighted by Crippen LogP contribution is -2.22. The lowest BCUT2D eigenvalue weighted by atomic mass is 10.2. The third kappa shape index (κ3) is 5.03. The second kappa shape index (κ2) is 8.77. The Hall–Kier alpha value is -2.03. The summed E-state index contributed by atoms with van der Waals surface area (Å²) < 4.78 is 1.04. The number of carbonyl (C=O) groups excluding carboxylic acids is 1. The van der Waals surface area contributed by atoms with Crippen LogP contribution in [0.15, 0.2) is 72.6 Å². The molecule has 5 nitrogen and oxygen atoms in total. The third-order valence-corrected chi connectivity index (χ3v) is 5.89. The standard InChI is InChI=1S/C19H16BrN3O2S2/c1-11-16(18(26-2)23-19(25)21-11)17(24)22-13-5-9-15(10-6-13)27-14-7-3-12(20)4-8-14/h3-10H,1-2H3,(H,22,24)(H,21,23,25). The zero-order valence-corrected chi connectivity index (χ0v) is 17.8. The molecule has 1 heterocycles. The van der Waals surface area contributed by atoms with Crippen molar-refractivity contribution >= 4 is 51.0 Å². The molecule has 0 radical (unpaired) electrons. The van der Waals surface area contributed by atoms with E-state index in [1.165, 1.54) is 11.8 Å². The topological polar surface area (TPSA) is 74.8 Å². The minimum Gasteiger partial charge on any atom is -0.322 e. The van der Waals surface area contributed by atoms with Crippen LogP contribution in [0.3, 0.4) is 0 Å². The monoisotopic (exact) mass is 461 g/mol. The van der Waals surface area contributed by atoms with Gasteiger partial charge in [0, 0.05) is 25.6 Å². The van der Waals surface area contributed by atoms with Crippen molar-refractivity contribution in [2.75, 3.05) is 11.6 Å². The lowest BCUT2D eigenvalue weighted by molar-refractivity contribution is 0.102. The Bertz CT molecular complexity index is 1020. The summed E-state index contributed by atoms with van der Waals surface area (Å²) in [6, 6.07) is 15.7. The minimum atomic E-state index is -0.456. The third-order valence-electron chi connectivity index (χ3n) is 3.67. The first-order chi connectivity index (χ1) is 13.0. The van der Waals surface area contributed by atoms with Crippen LogP contribution >= 0.6 is 39.5 Å². The number of anilines is 1. The Morgan fingerprint density at radius 1 is 1.07 bits per heavy atom. The number of amides is 1. The van der Waals surface area contributed by atoms with Crippen LogP contribution < -0.4 is 11.0 Å². The van der Waals surface area contributed by atoms with E-state index in [-0.39, 0.29) is 5.91 Å². The van der Waals surface area contributed by atoms with Crippen LogP contribution in [0.25, 0.3) is 0 Å². The number of thioether (sulfide) groups is 1. The van der Waals surface area contributed by atoms with Crippen LogP contribution in [0.2, 0.25) is 0 Å². The van der Waals surface area contributed by atoms with Crippen molar-refractivity contribution in [1.29, 1.82) is 0 Å². The van der Waals surface area contributed by atoms with Gasteiger partial charge in [-0.15, -0.1) is 11.8 Å². The first-order valence-corrected chi connectivity index (χ1v) is 10.8. The molecule has 2 N–H and O–H groups in total. The molecule has 0 aliphatic heterocycles. The molecule has 1 amide bonds. The highest BCUT2D eigenvalue weighted by Gasteiger charge is 2.17. The average molecular weight is 462 g/mol. The molecule has 3 aromatic rings. The highest BCUT2D eigenvalue weighted by atomic mass is 79.9. The fourth-order valence-corrected chi connectivity index (χ4v) is 4.12. The number of nitrogens with zero attached hydrogens (tertiary/aromatic N) is 1. The van der Waals surface area contributed by atoms with Gasteiger partial charge in [-0.2, -0.15) is 4.98 Å². The SMILES string of the molecule is CSc1nc(=O)[nH]c(C)c1C(=O)Nc1ccc(Sc2ccc(Br)cc2)cc1. The normalized spacial score (nSPS) is 10.6. The second-order valence-corrected chi connectivity index (χ2v) is 8.44. The number of H-pyrrole nitrogens is 1. The summed E-state index contributed by atoms with van der Waals surface area (Å²) in [4.78, 5) is 32.8. The number of aryl methyl sites for hydroxylation is 1. The van der Waals surface area contributed by atoms with Gasteiger partial charge in [-0.25, -0.2) is 4.79 Å². The summed E-state index contributed by atoms with van der Waals surface area (Å²) >= 11 is 6.34. The van der Waals surface area contributed by atoms with E-state index in [4.69, 9.17) is 0 Å². The van der Waals surface area contributed by atoms with Gasteiger partial charge in [0.05, 0.1) is 5.56 Å². The van der Waals surface area contributed by atoms with Gasteiger partial charge in [-0.3, -0.25) is 4.79 Å². The molecule has 8 heteroatoms. The van der Waals surface area contributed by atoms with Crippen molar-refractivity contribution in [1.82, 2.24) is 9.97 Å². The van der Waals surface area contributed by atoms with Crippen LogP contribution in [-0.4, -0.2) is 22.1 Å². The molecular formula is C19H16BrN3O2S2. The van der Waals surface area contributed by atoms with E-state index in [0.717, 1.165) is 14.3 Å². The summed E-state index contributed by atoms with van der Waals surface area (Å²) in [7, 11) is 0. The molecule has 0 spiro atoms. The van der Waals surface area contributed by atoms with Crippen molar-refractivity contribution in [2.45, 2.75) is 21.7 Å². The maximum absolute atomic E-state index is 12.6. The van der Waals surface area contributed by atoms with E-state index in [1.807, 2.05) is 48.5 Å². The molecule has 0 aliphatic carbocycles. The van der Waals surface area contributed by atoms with E-state index in [1.54, 1.807) is 24.9 Å². The van der Waals surface area contributed by atoms with Crippen LogP contribution in [-0.2, 0) is 0 Å². The Morgan fingerprint density at radius 3 is 2.26 bits per heavy atom. The van der Waals surface area contributed by atoms with Gasteiger partial charge < -0.3 is 10.3 Å². The molecular weight excluding hydrogens is 446 g/mol. The molecule has 3 rings (SSSR count). The van der Waals surface area contributed by atoms with Crippen LogP contribution in [0.1, 0.15) is 16.1 Å². The first-order valence-electron chi connectivity index (χ1n) is 7.96. The van der Waals surface area contributed by atoms with E-state index in [9.17, 15) is 9.59 Å². The van der Waals surface area contributed by atoms with Gasteiger partial charge in [0.1, 0.15) is 5.03 Å². The van der Waals surface area contributed by atoms with Gasteiger partial charge in [0.25, 0.3) is 5.91 Å². The molecule has 0 unspecified atom stereocenters. The van der Waals surface area contributed by atoms with E-state index < -0.39 is 5.69 Å². The number of aromatic nitrogens is 2. The number of rotatable bonds is 5. The van der Waals surface area contributed by atoms with Crippen LogP contribution in [0.5, 0.6) is 0 Å². The van der Waals surface area contributed by atoms with Crippen molar-refractivity contribution in [3.63, 3.8) is 0 Å². The molecule has 138 valence electrons. The summed E-state index contributed by atoms with van der Waals surface area (Å²) in [6.45, 7) is 1.69. The quantitative estimate of drug-likeness (QED) is 0.414. The fraction of sp³-hybridized carbons (Fsp3) is 0.105. The lowest BCUT2D eigenvalue weighted by Gasteiger charge is -2.10. The highest BCUT2D eigenvalue weighted by Crippen LogP contribution is 2.29. The smallest absolute Gasteiger partial charge is 0.322 e. The maximum atomic E-state index is 12.6. The molecule has 0 saturated carbocycles. The number of carbonyl (C=O) groups is 1. The summed E-state index contributed by atoms with van der Waals surface area (Å²) in [5.41, 5.74) is 1.11. The molecule has 0 atom stereocenters.